The molecule has 2 rings (SSSR count). The molecule has 1 aliphatic heterocycles. The summed E-state index contributed by atoms with van der Waals surface area (Å²) in [6.07, 6.45) is 0. The van der Waals surface area contributed by atoms with Gasteiger partial charge in [0.05, 0.1) is 19.8 Å². The van der Waals surface area contributed by atoms with Crippen LogP contribution in [-0.2, 0) is 17.9 Å². The molecule has 1 atom stereocenters. The normalized spacial score (nSPS) is 22.2. The first-order valence-electron chi connectivity index (χ1n) is 5.80. The average molecular weight is 221 g/mol. The molecule has 1 N–H and O–H groups in total. The lowest BCUT2D eigenvalue weighted by Gasteiger charge is -2.33. The molecule has 0 amide bonds. The molecule has 1 fully saturated rings. The molecule has 0 aliphatic carbocycles. The molecule has 0 aromatic heterocycles. The van der Waals surface area contributed by atoms with Gasteiger partial charge in [0, 0.05) is 19.1 Å². The summed E-state index contributed by atoms with van der Waals surface area (Å²) < 4.78 is 5.41. The van der Waals surface area contributed by atoms with Gasteiger partial charge in [0.15, 0.2) is 0 Å². The molecule has 0 bridgehead atoms. The quantitative estimate of drug-likeness (QED) is 0.837. The molecule has 0 radical (unpaired) electrons. The highest BCUT2D eigenvalue weighted by Crippen LogP contribution is 2.12. The first kappa shape index (κ1) is 11.6. The lowest BCUT2D eigenvalue weighted by atomic mass is 10.1. The van der Waals surface area contributed by atoms with Gasteiger partial charge in [-0.1, -0.05) is 24.3 Å². The number of morpholine rings is 1. The molecule has 1 saturated heterocycles. The number of hydrogen-bond acceptors (Lipinski definition) is 3. The minimum Gasteiger partial charge on any atom is -0.392 e. The van der Waals surface area contributed by atoms with E-state index >= 15 is 0 Å². The molecule has 1 aliphatic rings. The van der Waals surface area contributed by atoms with Crippen LogP contribution in [0.15, 0.2) is 24.3 Å². The summed E-state index contributed by atoms with van der Waals surface area (Å²) in [5.74, 6) is 0. The predicted molar refractivity (Wildman–Crippen MR) is 63.1 cm³/mol. The van der Waals surface area contributed by atoms with Crippen LogP contribution in [0.1, 0.15) is 18.1 Å². The first-order chi connectivity index (χ1) is 7.79. The summed E-state index contributed by atoms with van der Waals surface area (Å²) in [4.78, 5) is 2.43. The Kier molecular flexibility index (Phi) is 3.93. The topological polar surface area (TPSA) is 32.7 Å². The highest BCUT2D eigenvalue weighted by molar-refractivity contribution is 5.21. The van der Waals surface area contributed by atoms with Gasteiger partial charge in [0.1, 0.15) is 0 Å². The number of hydrogen-bond donors (Lipinski definition) is 1. The summed E-state index contributed by atoms with van der Waals surface area (Å²) in [7, 11) is 0. The molecule has 1 aromatic carbocycles. The van der Waals surface area contributed by atoms with Gasteiger partial charge in [-0.25, -0.2) is 0 Å². The molecular weight excluding hydrogens is 202 g/mol. The van der Waals surface area contributed by atoms with Crippen molar-refractivity contribution >= 4 is 0 Å². The highest BCUT2D eigenvalue weighted by atomic mass is 16.5. The fraction of sp³-hybridized carbons (Fsp3) is 0.538. The van der Waals surface area contributed by atoms with Gasteiger partial charge < -0.3 is 9.84 Å². The summed E-state index contributed by atoms with van der Waals surface area (Å²) in [6.45, 7) is 5.95. The van der Waals surface area contributed by atoms with Gasteiger partial charge in [-0.15, -0.1) is 0 Å². The van der Waals surface area contributed by atoms with Crippen molar-refractivity contribution in [3.05, 3.63) is 35.4 Å². The molecule has 1 heterocycles. The summed E-state index contributed by atoms with van der Waals surface area (Å²) in [5, 5.41) is 8.97. The van der Waals surface area contributed by atoms with Crippen LogP contribution in [0.3, 0.4) is 0 Å². The fourth-order valence-electron chi connectivity index (χ4n) is 1.98. The number of ether oxygens (including phenoxy) is 1. The summed E-state index contributed by atoms with van der Waals surface area (Å²) >= 11 is 0. The van der Waals surface area contributed by atoms with Crippen LogP contribution in [0.2, 0.25) is 0 Å². The SMILES string of the molecule is CC1COCCN1Cc1ccc(CO)cc1. The van der Waals surface area contributed by atoms with E-state index in [0.29, 0.717) is 6.04 Å². The molecule has 0 spiro atoms. The Bertz CT molecular complexity index is 323. The van der Waals surface area contributed by atoms with E-state index in [1.807, 2.05) is 12.1 Å². The van der Waals surface area contributed by atoms with Gasteiger partial charge in [-0.05, 0) is 18.1 Å². The number of aliphatic hydroxyl groups excluding tert-OH is 1. The third kappa shape index (κ3) is 2.82. The zero-order chi connectivity index (χ0) is 11.4. The zero-order valence-electron chi connectivity index (χ0n) is 9.72. The van der Waals surface area contributed by atoms with Crippen molar-refractivity contribution in [1.82, 2.24) is 4.90 Å². The molecule has 1 unspecified atom stereocenters. The van der Waals surface area contributed by atoms with Crippen LogP contribution in [0, 0.1) is 0 Å². The molecule has 1 aromatic rings. The van der Waals surface area contributed by atoms with Gasteiger partial charge in [0.2, 0.25) is 0 Å². The van der Waals surface area contributed by atoms with Crippen LogP contribution < -0.4 is 0 Å². The molecule has 3 nitrogen and oxygen atoms in total. The Hall–Kier alpha value is -0.900. The van der Waals surface area contributed by atoms with Crippen LogP contribution in [-0.4, -0.2) is 35.8 Å². The van der Waals surface area contributed by atoms with Crippen molar-refractivity contribution < 1.29 is 9.84 Å². The van der Waals surface area contributed by atoms with Gasteiger partial charge >= 0.3 is 0 Å². The van der Waals surface area contributed by atoms with E-state index in [-0.39, 0.29) is 6.61 Å². The van der Waals surface area contributed by atoms with E-state index < -0.39 is 0 Å². The predicted octanol–water partition coefficient (Wildman–Crippen LogP) is 1.40. The van der Waals surface area contributed by atoms with Crippen LogP contribution >= 0.6 is 0 Å². The number of benzene rings is 1. The van der Waals surface area contributed by atoms with Gasteiger partial charge in [-0.3, -0.25) is 4.90 Å². The Morgan fingerprint density at radius 2 is 2.00 bits per heavy atom. The zero-order valence-corrected chi connectivity index (χ0v) is 9.72. The van der Waals surface area contributed by atoms with Crippen molar-refractivity contribution in [3.8, 4) is 0 Å². The average Bonchev–Trinajstić information content (AvgIpc) is 2.33. The van der Waals surface area contributed by atoms with E-state index in [0.717, 1.165) is 31.9 Å². The Balaban J connectivity index is 1.96. The lowest BCUT2D eigenvalue weighted by Crippen LogP contribution is -2.42. The molecule has 88 valence electrons. The van der Waals surface area contributed by atoms with E-state index in [9.17, 15) is 0 Å². The largest absolute Gasteiger partial charge is 0.392 e. The second-order valence-electron chi connectivity index (χ2n) is 4.37. The van der Waals surface area contributed by atoms with Crippen LogP contribution in [0.25, 0.3) is 0 Å². The molecule has 0 saturated carbocycles. The molecule has 3 heteroatoms. The van der Waals surface area contributed by atoms with E-state index in [1.165, 1.54) is 5.56 Å². The maximum absolute atomic E-state index is 8.97. The van der Waals surface area contributed by atoms with Crippen molar-refractivity contribution in [3.63, 3.8) is 0 Å². The Morgan fingerprint density at radius 3 is 2.62 bits per heavy atom. The summed E-state index contributed by atoms with van der Waals surface area (Å²) in [6, 6.07) is 8.65. The summed E-state index contributed by atoms with van der Waals surface area (Å²) in [5.41, 5.74) is 2.27. The number of rotatable bonds is 3. The number of nitrogens with zero attached hydrogens (tertiary/aromatic N) is 1. The van der Waals surface area contributed by atoms with E-state index in [4.69, 9.17) is 9.84 Å². The monoisotopic (exact) mass is 221 g/mol. The fourth-order valence-corrected chi connectivity index (χ4v) is 1.98. The number of aliphatic hydroxyl groups is 1. The Morgan fingerprint density at radius 1 is 1.31 bits per heavy atom. The van der Waals surface area contributed by atoms with Crippen molar-refractivity contribution in [2.75, 3.05) is 19.8 Å². The van der Waals surface area contributed by atoms with E-state index in [2.05, 4.69) is 24.0 Å². The smallest absolute Gasteiger partial charge is 0.0681 e. The van der Waals surface area contributed by atoms with Crippen molar-refractivity contribution in [2.45, 2.75) is 26.1 Å². The van der Waals surface area contributed by atoms with Gasteiger partial charge in [0.25, 0.3) is 0 Å². The second kappa shape index (κ2) is 5.43. The molecule has 16 heavy (non-hydrogen) atoms. The van der Waals surface area contributed by atoms with E-state index in [1.54, 1.807) is 0 Å². The van der Waals surface area contributed by atoms with Crippen molar-refractivity contribution in [2.24, 2.45) is 0 Å². The minimum absolute atomic E-state index is 0.119. The van der Waals surface area contributed by atoms with Gasteiger partial charge in [-0.2, -0.15) is 0 Å². The minimum atomic E-state index is 0.119. The lowest BCUT2D eigenvalue weighted by molar-refractivity contribution is -0.00437. The second-order valence-corrected chi connectivity index (χ2v) is 4.37. The standard InChI is InChI=1S/C13H19NO2/c1-11-10-16-7-6-14(11)8-12-2-4-13(9-15)5-3-12/h2-5,11,15H,6-10H2,1H3. The third-order valence-electron chi connectivity index (χ3n) is 3.10. The van der Waals surface area contributed by atoms with Crippen LogP contribution in [0.4, 0.5) is 0 Å². The maximum Gasteiger partial charge on any atom is 0.0681 e. The van der Waals surface area contributed by atoms with Crippen LogP contribution in [0.5, 0.6) is 0 Å². The van der Waals surface area contributed by atoms with Crippen molar-refractivity contribution in [1.29, 1.82) is 0 Å². The maximum atomic E-state index is 8.97. The third-order valence-corrected chi connectivity index (χ3v) is 3.10. The Labute approximate surface area is 96.6 Å². The molecular formula is C13H19NO2. The highest BCUT2D eigenvalue weighted by Gasteiger charge is 2.18. The first-order valence-corrected chi connectivity index (χ1v) is 5.80.